The lowest BCUT2D eigenvalue weighted by molar-refractivity contribution is -0.142. The van der Waals surface area contributed by atoms with Crippen LogP contribution in [-0.4, -0.2) is 37.0 Å². The highest BCUT2D eigenvalue weighted by Gasteiger charge is 2.34. The molecule has 1 fully saturated rings. The maximum absolute atomic E-state index is 12.2. The fourth-order valence-corrected chi connectivity index (χ4v) is 3.13. The van der Waals surface area contributed by atoms with Crippen molar-refractivity contribution in [2.75, 3.05) is 6.54 Å². The lowest BCUT2D eigenvalue weighted by Crippen LogP contribution is -2.41. The number of sulfonamides is 1. The Morgan fingerprint density at radius 2 is 2.15 bits per heavy atom. The highest BCUT2D eigenvalue weighted by atomic mass is 32.2. The first-order valence-corrected chi connectivity index (χ1v) is 7.51. The number of nitrogens with two attached hydrogens (primary N) is 1. The van der Waals surface area contributed by atoms with E-state index in [0.717, 1.165) is 25.2 Å². The summed E-state index contributed by atoms with van der Waals surface area (Å²) in [5, 5.41) is 3.41. The van der Waals surface area contributed by atoms with Crippen molar-refractivity contribution in [1.29, 1.82) is 0 Å². The number of aromatic nitrogens is 2. The number of nitrogens with one attached hydrogen (secondary N) is 1. The molecule has 1 aromatic rings. The van der Waals surface area contributed by atoms with E-state index in [4.69, 9.17) is 5.73 Å². The summed E-state index contributed by atoms with van der Waals surface area (Å²) in [6.45, 7) is -1.17. The van der Waals surface area contributed by atoms with Gasteiger partial charge in [-0.25, -0.2) is 13.1 Å². The maximum atomic E-state index is 12.2. The molecule has 0 bridgehead atoms. The molecule has 0 amide bonds. The van der Waals surface area contributed by atoms with Gasteiger partial charge in [0.25, 0.3) is 0 Å². The van der Waals surface area contributed by atoms with E-state index in [9.17, 15) is 21.6 Å². The van der Waals surface area contributed by atoms with Crippen LogP contribution >= 0.6 is 0 Å². The van der Waals surface area contributed by atoms with Gasteiger partial charge in [-0.1, -0.05) is 0 Å². The molecule has 0 aromatic carbocycles. The zero-order chi connectivity index (χ0) is 15.0. The number of halogens is 3. The van der Waals surface area contributed by atoms with Crippen molar-refractivity contribution >= 4 is 10.0 Å². The summed E-state index contributed by atoms with van der Waals surface area (Å²) >= 11 is 0. The van der Waals surface area contributed by atoms with Crippen LogP contribution < -0.4 is 10.5 Å². The molecule has 2 rings (SSSR count). The van der Waals surface area contributed by atoms with Crippen LogP contribution in [0.1, 0.15) is 12.8 Å². The number of hydrogen-bond donors (Lipinski definition) is 2. The van der Waals surface area contributed by atoms with Gasteiger partial charge in [0, 0.05) is 18.8 Å². The molecule has 10 heteroatoms. The topological polar surface area (TPSA) is 90.0 Å². The Bertz CT molecular complexity index is 565. The Balaban J connectivity index is 2.09. The second kappa shape index (κ2) is 5.34. The van der Waals surface area contributed by atoms with Gasteiger partial charge >= 0.3 is 6.18 Å². The van der Waals surface area contributed by atoms with E-state index >= 15 is 0 Å². The number of rotatable bonds is 6. The van der Waals surface area contributed by atoms with Gasteiger partial charge in [0.15, 0.2) is 0 Å². The minimum absolute atomic E-state index is 0.153. The van der Waals surface area contributed by atoms with Crippen LogP contribution in [0, 0.1) is 5.92 Å². The normalized spacial score (nSPS) is 18.2. The Labute approximate surface area is 114 Å². The average molecular weight is 312 g/mol. The SMILES string of the molecule is NCC(NS(=O)(=O)c1cnn(CC(F)(F)F)c1)C1CC1. The standard InChI is InChI=1S/C10H15F3N4O2S/c11-10(12,13)6-17-5-8(4-15-17)20(18,19)16-9(3-14)7-1-2-7/h4-5,7,9,16H,1-3,6,14H2. The molecular weight excluding hydrogens is 297 g/mol. The highest BCUT2D eigenvalue weighted by molar-refractivity contribution is 7.89. The van der Waals surface area contributed by atoms with Crippen molar-refractivity contribution in [3.8, 4) is 0 Å². The van der Waals surface area contributed by atoms with Gasteiger partial charge < -0.3 is 5.73 Å². The van der Waals surface area contributed by atoms with Crippen molar-refractivity contribution in [2.45, 2.75) is 36.5 Å². The molecule has 6 nitrogen and oxygen atoms in total. The smallest absolute Gasteiger partial charge is 0.329 e. The van der Waals surface area contributed by atoms with Crippen LogP contribution in [0.2, 0.25) is 0 Å². The Kier molecular flexibility index (Phi) is 4.07. The van der Waals surface area contributed by atoms with Crippen LogP contribution in [-0.2, 0) is 16.6 Å². The van der Waals surface area contributed by atoms with Gasteiger partial charge in [0.2, 0.25) is 10.0 Å². The average Bonchev–Trinajstić information content (AvgIpc) is 3.05. The zero-order valence-electron chi connectivity index (χ0n) is 10.5. The van der Waals surface area contributed by atoms with Crippen molar-refractivity contribution in [3.05, 3.63) is 12.4 Å². The monoisotopic (exact) mass is 312 g/mol. The van der Waals surface area contributed by atoms with Gasteiger partial charge in [0.1, 0.15) is 11.4 Å². The van der Waals surface area contributed by atoms with E-state index in [1.165, 1.54) is 0 Å². The van der Waals surface area contributed by atoms with E-state index in [1.54, 1.807) is 0 Å². The molecule has 0 saturated heterocycles. The third-order valence-electron chi connectivity index (χ3n) is 3.01. The summed E-state index contributed by atoms with van der Waals surface area (Å²) < 4.78 is 63.5. The molecule has 1 atom stereocenters. The lowest BCUT2D eigenvalue weighted by Gasteiger charge is -2.15. The predicted molar refractivity (Wildman–Crippen MR) is 64.2 cm³/mol. The number of hydrogen-bond acceptors (Lipinski definition) is 4. The number of alkyl halides is 3. The molecular formula is C10H15F3N4O2S. The first kappa shape index (κ1) is 15.3. The van der Waals surface area contributed by atoms with E-state index in [-0.39, 0.29) is 23.4 Å². The fourth-order valence-electron chi connectivity index (χ4n) is 1.86. The molecule has 1 aliphatic rings. The molecule has 3 N–H and O–H groups in total. The van der Waals surface area contributed by atoms with Crippen molar-refractivity contribution in [3.63, 3.8) is 0 Å². The van der Waals surface area contributed by atoms with Crippen LogP contribution in [0.5, 0.6) is 0 Å². The van der Waals surface area contributed by atoms with Crippen LogP contribution in [0.25, 0.3) is 0 Å². The van der Waals surface area contributed by atoms with Crippen molar-refractivity contribution in [2.24, 2.45) is 11.7 Å². The first-order valence-electron chi connectivity index (χ1n) is 6.03. The van der Waals surface area contributed by atoms with Crippen LogP contribution in [0.3, 0.4) is 0 Å². The molecule has 1 aliphatic carbocycles. The van der Waals surface area contributed by atoms with Crippen molar-refractivity contribution < 1.29 is 21.6 Å². The molecule has 1 saturated carbocycles. The summed E-state index contributed by atoms with van der Waals surface area (Å²) in [5.74, 6) is 0.208. The molecule has 0 spiro atoms. The second-order valence-corrected chi connectivity index (χ2v) is 6.50. The highest BCUT2D eigenvalue weighted by Crippen LogP contribution is 2.32. The van der Waals surface area contributed by atoms with E-state index < -0.39 is 22.7 Å². The van der Waals surface area contributed by atoms with Gasteiger partial charge in [-0.05, 0) is 18.8 Å². The Morgan fingerprint density at radius 1 is 1.50 bits per heavy atom. The minimum atomic E-state index is -4.45. The summed E-state index contributed by atoms with van der Waals surface area (Å²) in [6.07, 6.45) is -0.894. The lowest BCUT2D eigenvalue weighted by atomic mass is 10.2. The third-order valence-corrected chi connectivity index (χ3v) is 4.46. The van der Waals surface area contributed by atoms with Gasteiger partial charge in [-0.3, -0.25) is 4.68 Å². The molecule has 1 heterocycles. The molecule has 20 heavy (non-hydrogen) atoms. The minimum Gasteiger partial charge on any atom is -0.329 e. The summed E-state index contributed by atoms with van der Waals surface area (Å²) in [4.78, 5) is -0.291. The van der Waals surface area contributed by atoms with Crippen molar-refractivity contribution in [1.82, 2.24) is 14.5 Å². The second-order valence-electron chi connectivity index (χ2n) is 4.79. The largest absolute Gasteiger partial charge is 0.408 e. The van der Waals surface area contributed by atoms with Crippen LogP contribution in [0.15, 0.2) is 17.3 Å². The van der Waals surface area contributed by atoms with Gasteiger partial charge in [0.05, 0.1) is 6.20 Å². The third kappa shape index (κ3) is 3.93. The molecule has 1 unspecified atom stereocenters. The van der Waals surface area contributed by atoms with Crippen LogP contribution in [0.4, 0.5) is 13.2 Å². The molecule has 0 aliphatic heterocycles. The molecule has 114 valence electrons. The Hall–Kier alpha value is -1.13. The molecule has 1 aromatic heterocycles. The molecule has 0 radical (unpaired) electrons. The van der Waals surface area contributed by atoms with E-state index in [2.05, 4.69) is 9.82 Å². The van der Waals surface area contributed by atoms with Gasteiger partial charge in [-0.15, -0.1) is 0 Å². The summed E-state index contributed by atoms with van der Waals surface area (Å²) in [7, 11) is -3.89. The first-order chi connectivity index (χ1) is 9.21. The predicted octanol–water partition coefficient (Wildman–Crippen LogP) is 0.461. The number of nitrogens with zero attached hydrogens (tertiary/aromatic N) is 2. The Morgan fingerprint density at radius 3 is 2.65 bits per heavy atom. The maximum Gasteiger partial charge on any atom is 0.408 e. The quantitative estimate of drug-likeness (QED) is 0.798. The summed E-state index contributed by atoms with van der Waals surface area (Å²) in [5.41, 5.74) is 5.49. The summed E-state index contributed by atoms with van der Waals surface area (Å²) in [6, 6.07) is -0.383. The fraction of sp³-hybridized carbons (Fsp3) is 0.700. The van der Waals surface area contributed by atoms with E-state index in [0.29, 0.717) is 4.68 Å². The van der Waals surface area contributed by atoms with E-state index in [1.807, 2.05) is 0 Å². The van der Waals surface area contributed by atoms with Gasteiger partial charge in [-0.2, -0.15) is 18.3 Å². The zero-order valence-corrected chi connectivity index (χ0v) is 11.3.